The van der Waals surface area contributed by atoms with Gasteiger partial charge in [-0.15, -0.1) is 0 Å². The van der Waals surface area contributed by atoms with E-state index in [2.05, 4.69) is 120 Å². The molecule has 1 N–H and O–H groups in total. The lowest BCUT2D eigenvalue weighted by atomic mass is 9.87. The number of ether oxygens (including phenoxy) is 3. The Morgan fingerprint density at radius 1 is 0.960 bits per heavy atom. The molecule has 0 bridgehead atoms. The van der Waals surface area contributed by atoms with Crippen LogP contribution in [-0.2, 0) is 23.4 Å². The number of carbonyl (C=O) groups is 1. The van der Waals surface area contributed by atoms with Crippen LogP contribution in [0.15, 0.2) is 85.0 Å². The Morgan fingerprint density at radius 2 is 1.64 bits per heavy atom. The van der Waals surface area contributed by atoms with Crippen molar-refractivity contribution in [3.05, 3.63) is 85.0 Å². The number of methoxy groups -OCH3 is 1. The van der Waals surface area contributed by atoms with Crippen LogP contribution in [0.25, 0.3) is 0 Å². The number of unbranched alkanes of at least 4 members (excludes halogenated alkanes) is 3. The topological polar surface area (TPSA) is 74.2 Å². The molecule has 276 valence electrons. The van der Waals surface area contributed by atoms with E-state index in [1.165, 1.54) is 17.5 Å². The van der Waals surface area contributed by atoms with Crippen LogP contribution >= 0.6 is 0 Å². The first kappa shape index (κ1) is 40.2. The summed E-state index contributed by atoms with van der Waals surface area (Å²) in [6.07, 6.45) is 18.7. The van der Waals surface area contributed by atoms with Crippen molar-refractivity contribution >= 4 is 24.7 Å². The van der Waals surface area contributed by atoms with Gasteiger partial charge < -0.3 is 23.7 Å². The first-order chi connectivity index (χ1) is 24.0. The number of carbonyl (C=O) groups excluding carboxylic acids is 1. The Balaban J connectivity index is 1.70. The zero-order valence-corrected chi connectivity index (χ0v) is 32.7. The van der Waals surface area contributed by atoms with Gasteiger partial charge >= 0.3 is 5.97 Å². The van der Waals surface area contributed by atoms with Gasteiger partial charge in [-0.05, 0) is 73.2 Å². The second-order valence-corrected chi connectivity index (χ2v) is 19.8. The molecule has 0 aromatic heterocycles. The third-order valence-electron chi connectivity index (χ3n) is 10.7. The highest BCUT2D eigenvalue weighted by molar-refractivity contribution is 6.99. The molecule has 2 unspecified atom stereocenters. The molecule has 2 fully saturated rings. The van der Waals surface area contributed by atoms with E-state index in [-0.39, 0.29) is 35.2 Å². The zero-order valence-electron chi connectivity index (χ0n) is 31.7. The van der Waals surface area contributed by atoms with Gasteiger partial charge in [-0.25, -0.2) is 0 Å². The highest BCUT2D eigenvalue weighted by atomic mass is 28.4. The highest BCUT2D eigenvalue weighted by Gasteiger charge is 2.53. The molecule has 0 spiro atoms. The van der Waals surface area contributed by atoms with Crippen LogP contribution < -0.4 is 10.4 Å². The van der Waals surface area contributed by atoms with Crippen molar-refractivity contribution in [2.75, 3.05) is 13.7 Å². The third-order valence-corrected chi connectivity index (χ3v) is 15.8. The minimum atomic E-state index is -2.85. The SMILES string of the molecule is CCCCCC(C)(/C=C/[C@@H]1[C@@H](C/C=C/CCCC(=O)OC)[C@@H](O)C[C@H]1OC1CCCCO1)O[Si](c1ccccc1)(c1ccccc1)C(C)(C)C. The number of esters is 1. The summed E-state index contributed by atoms with van der Waals surface area (Å²) < 4.78 is 25.3. The van der Waals surface area contributed by atoms with Gasteiger partial charge in [0.2, 0.25) is 0 Å². The molecule has 2 aromatic rings. The number of rotatable bonds is 18. The summed E-state index contributed by atoms with van der Waals surface area (Å²) in [5, 5.41) is 13.9. The summed E-state index contributed by atoms with van der Waals surface area (Å²) in [6.45, 7) is 12.3. The monoisotopic (exact) mass is 704 g/mol. The molecule has 50 heavy (non-hydrogen) atoms. The Morgan fingerprint density at radius 3 is 2.22 bits per heavy atom. The van der Waals surface area contributed by atoms with E-state index >= 15 is 0 Å². The molecule has 0 radical (unpaired) electrons. The van der Waals surface area contributed by atoms with Gasteiger partial charge in [-0.1, -0.05) is 132 Å². The van der Waals surface area contributed by atoms with Crippen LogP contribution in [0, 0.1) is 11.8 Å². The molecule has 6 atom stereocenters. The molecule has 7 heteroatoms. The first-order valence-electron chi connectivity index (χ1n) is 19.2. The highest BCUT2D eigenvalue weighted by Crippen LogP contribution is 2.43. The van der Waals surface area contributed by atoms with Crippen molar-refractivity contribution < 1.29 is 28.5 Å². The molecule has 1 saturated carbocycles. The zero-order chi connectivity index (χ0) is 36.0. The Hall–Kier alpha value is -2.55. The van der Waals surface area contributed by atoms with E-state index in [9.17, 15) is 9.90 Å². The second-order valence-electron chi connectivity index (χ2n) is 15.6. The molecule has 1 saturated heterocycles. The summed E-state index contributed by atoms with van der Waals surface area (Å²) in [4.78, 5) is 11.6. The fourth-order valence-electron chi connectivity index (χ4n) is 7.89. The smallest absolute Gasteiger partial charge is 0.305 e. The van der Waals surface area contributed by atoms with Crippen LogP contribution in [0.5, 0.6) is 0 Å². The van der Waals surface area contributed by atoms with Crippen molar-refractivity contribution in [2.24, 2.45) is 11.8 Å². The summed E-state index contributed by atoms with van der Waals surface area (Å²) >= 11 is 0. The van der Waals surface area contributed by atoms with Crippen LogP contribution in [0.3, 0.4) is 0 Å². The molecule has 2 aliphatic rings. The fraction of sp³-hybridized carbons (Fsp3) is 0.605. The van der Waals surface area contributed by atoms with Gasteiger partial charge in [0.25, 0.3) is 8.32 Å². The van der Waals surface area contributed by atoms with Crippen molar-refractivity contribution in [1.82, 2.24) is 0 Å². The van der Waals surface area contributed by atoms with E-state index in [0.717, 1.165) is 70.8 Å². The Labute approximate surface area is 303 Å². The van der Waals surface area contributed by atoms with Gasteiger partial charge in [0, 0.05) is 25.4 Å². The number of allylic oxidation sites excluding steroid dienone is 2. The van der Waals surface area contributed by atoms with Crippen LogP contribution in [0.4, 0.5) is 0 Å². The number of hydrogen-bond acceptors (Lipinski definition) is 6. The molecule has 0 amide bonds. The maximum absolute atomic E-state index is 11.6. The minimum Gasteiger partial charge on any atom is -0.469 e. The van der Waals surface area contributed by atoms with Crippen molar-refractivity contribution in [2.45, 2.75) is 141 Å². The minimum absolute atomic E-state index is 0.00324. The summed E-state index contributed by atoms with van der Waals surface area (Å²) in [5.41, 5.74) is -0.548. The Kier molecular flexibility index (Phi) is 15.5. The average Bonchev–Trinajstić information content (AvgIpc) is 3.41. The second kappa shape index (κ2) is 19.3. The van der Waals surface area contributed by atoms with Crippen LogP contribution in [-0.4, -0.2) is 57.2 Å². The largest absolute Gasteiger partial charge is 0.469 e. The predicted molar refractivity (Wildman–Crippen MR) is 206 cm³/mol. The lowest BCUT2D eigenvalue weighted by Gasteiger charge is -2.48. The lowest BCUT2D eigenvalue weighted by molar-refractivity contribution is -0.193. The average molecular weight is 705 g/mol. The number of benzene rings is 2. The van der Waals surface area contributed by atoms with Gasteiger partial charge in [0.1, 0.15) is 0 Å². The first-order valence-corrected chi connectivity index (χ1v) is 21.1. The molecule has 6 nitrogen and oxygen atoms in total. The van der Waals surface area contributed by atoms with Crippen LogP contribution in [0.2, 0.25) is 5.04 Å². The number of hydrogen-bond donors (Lipinski definition) is 1. The van der Waals surface area contributed by atoms with E-state index in [4.69, 9.17) is 18.6 Å². The normalized spacial score (nSPS) is 24.5. The molecule has 2 aromatic carbocycles. The van der Waals surface area contributed by atoms with Gasteiger partial charge in [-0.2, -0.15) is 0 Å². The van der Waals surface area contributed by atoms with Crippen molar-refractivity contribution in [3.63, 3.8) is 0 Å². The van der Waals surface area contributed by atoms with Crippen molar-refractivity contribution in [3.8, 4) is 0 Å². The standard InChI is InChI=1S/C43H64O6Si/c1-7-8-20-30-43(5,49-50(42(2,3)4,34-22-13-11-14-23-34)35-24-15-12-16-25-35)31-29-37-36(26-17-9-10-18-27-40(45)46-6)38(44)33-39(37)48-41-28-19-21-32-47-41/h9,11-17,22-25,29,31,36-39,41,44H,7-8,10,18-21,26-28,30,32-33H2,1-6H3/b17-9+,31-29+/t36-,37-,38+,39-,41?,43?/m1/s1. The van der Waals surface area contributed by atoms with E-state index in [1.807, 2.05) is 0 Å². The lowest BCUT2D eigenvalue weighted by Crippen LogP contribution is -2.69. The maximum atomic E-state index is 11.6. The Bertz CT molecular complexity index is 1290. The van der Waals surface area contributed by atoms with E-state index in [0.29, 0.717) is 12.8 Å². The van der Waals surface area contributed by atoms with Gasteiger partial charge in [0.15, 0.2) is 6.29 Å². The molecular weight excluding hydrogens is 641 g/mol. The molecule has 1 aliphatic carbocycles. The summed E-state index contributed by atoms with van der Waals surface area (Å²) in [5.74, 6) is -0.171. The predicted octanol–water partition coefficient (Wildman–Crippen LogP) is 8.66. The van der Waals surface area contributed by atoms with Gasteiger partial charge in [-0.3, -0.25) is 4.79 Å². The maximum Gasteiger partial charge on any atom is 0.305 e. The molecule has 1 heterocycles. The summed E-state index contributed by atoms with van der Waals surface area (Å²) in [7, 11) is -1.42. The molecule has 1 aliphatic heterocycles. The van der Waals surface area contributed by atoms with Crippen LogP contribution in [0.1, 0.15) is 112 Å². The molecular formula is C43H64O6Si. The van der Waals surface area contributed by atoms with E-state index < -0.39 is 20.0 Å². The fourth-order valence-corrected chi connectivity index (χ4v) is 12.7. The summed E-state index contributed by atoms with van der Waals surface area (Å²) in [6, 6.07) is 21.8. The van der Waals surface area contributed by atoms with Crippen molar-refractivity contribution in [1.29, 1.82) is 0 Å². The quantitative estimate of drug-likeness (QED) is 0.0725. The number of aliphatic hydroxyl groups excluding tert-OH is 1. The molecule has 4 rings (SSSR count). The van der Waals surface area contributed by atoms with E-state index in [1.54, 1.807) is 0 Å². The third kappa shape index (κ3) is 10.7. The van der Waals surface area contributed by atoms with Gasteiger partial charge in [0.05, 0.1) is 24.9 Å². The number of aliphatic hydroxyl groups is 1.